The average molecular weight is 469 g/mol. The molecule has 0 unspecified atom stereocenters. The molecule has 2 aromatic carbocycles. The zero-order valence-electron chi connectivity index (χ0n) is 18.5. The highest BCUT2D eigenvalue weighted by atomic mass is 32.1. The molecule has 1 atom stereocenters. The molecule has 0 aliphatic carbocycles. The standard InChI is InChI=1S/C24H24N2O6S/c1-4-16-8-6-7-9-18(16)26-22(28)17(21(27)25-24(26)33)12-15-10-11-19(20(13-15)31-5-2)32-14(3)23(29)30/h6-14H,4-5H2,1-3H3,(H,29,30)(H,25,27,33)/b17-12-/t14-/m1/s1. The van der Waals surface area contributed by atoms with Gasteiger partial charge in [0.15, 0.2) is 22.7 Å². The lowest BCUT2D eigenvalue weighted by atomic mass is 10.0. The van der Waals surface area contributed by atoms with Crippen molar-refractivity contribution in [3.63, 3.8) is 0 Å². The van der Waals surface area contributed by atoms with Crippen LogP contribution in [0.1, 0.15) is 31.9 Å². The van der Waals surface area contributed by atoms with Crippen LogP contribution in [-0.2, 0) is 20.8 Å². The van der Waals surface area contributed by atoms with Crippen molar-refractivity contribution in [1.82, 2.24) is 5.32 Å². The molecule has 2 amide bonds. The summed E-state index contributed by atoms with van der Waals surface area (Å²) in [5, 5.41) is 11.7. The van der Waals surface area contributed by atoms with E-state index in [1.54, 1.807) is 31.2 Å². The molecule has 1 heterocycles. The number of nitrogens with one attached hydrogen (secondary N) is 1. The molecule has 0 radical (unpaired) electrons. The Morgan fingerprint density at radius 1 is 1.18 bits per heavy atom. The molecular formula is C24H24N2O6S. The van der Waals surface area contributed by atoms with Gasteiger partial charge in [0, 0.05) is 0 Å². The van der Waals surface area contributed by atoms with Crippen LogP contribution in [0.4, 0.5) is 5.69 Å². The predicted molar refractivity (Wildman–Crippen MR) is 127 cm³/mol. The van der Waals surface area contributed by atoms with Crippen LogP contribution in [0, 0.1) is 0 Å². The number of thiocarbonyl (C=S) groups is 1. The number of aliphatic carboxylic acids is 1. The highest BCUT2D eigenvalue weighted by molar-refractivity contribution is 7.80. The second kappa shape index (κ2) is 10.3. The first-order chi connectivity index (χ1) is 15.8. The van der Waals surface area contributed by atoms with Crippen molar-refractivity contribution in [2.45, 2.75) is 33.3 Å². The third kappa shape index (κ3) is 5.20. The van der Waals surface area contributed by atoms with Gasteiger partial charge in [0.05, 0.1) is 12.3 Å². The summed E-state index contributed by atoms with van der Waals surface area (Å²) in [5.41, 5.74) is 1.94. The molecule has 3 rings (SSSR count). The van der Waals surface area contributed by atoms with Gasteiger partial charge >= 0.3 is 5.97 Å². The molecule has 0 bridgehead atoms. The summed E-state index contributed by atoms with van der Waals surface area (Å²) in [5.74, 6) is -1.72. The Bertz CT molecular complexity index is 1140. The number of para-hydroxylation sites is 1. The van der Waals surface area contributed by atoms with E-state index in [2.05, 4.69) is 5.32 Å². The molecular weight excluding hydrogens is 444 g/mol. The van der Waals surface area contributed by atoms with Crippen LogP contribution in [0.3, 0.4) is 0 Å². The number of aryl methyl sites for hydroxylation is 1. The van der Waals surface area contributed by atoms with Crippen molar-refractivity contribution in [1.29, 1.82) is 0 Å². The predicted octanol–water partition coefficient (Wildman–Crippen LogP) is 3.33. The van der Waals surface area contributed by atoms with E-state index in [4.69, 9.17) is 26.8 Å². The highest BCUT2D eigenvalue weighted by Crippen LogP contribution is 2.31. The van der Waals surface area contributed by atoms with E-state index in [-0.39, 0.29) is 16.4 Å². The van der Waals surface area contributed by atoms with Crippen LogP contribution in [0.25, 0.3) is 6.08 Å². The Balaban J connectivity index is 1.99. The maximum atomic E-state index is 13.3. The fourth-order valence-corrected chi connectivity index (χ4v) is 3.57. The molecule has 8 nitrogen and oxygen atoms in total. The molecule has 1 fully saturated rings. The number of carbonyl (C=O) groups excluding carboxylic acids is 2. The van der Waals surface area contributed by atoms with Crippen molar-refractivity contribution in [2.75, 3.05) is 11.5 Å². The van der Waals surface area contributed by atoms with E-state index >= 15 is 0 Å². The van der Waals surface area contributed by atoms with Crippen molar-refractivity contribution in [2.24, 2.45) is 0 Å². The van der Waals surface area contributed by atoms with Crippen molar-refractivity contribution >= 4 is 46.9 Å². The summed E-state index contributed by atoms with van der Waals surface area (Å²) in [6, 6.07) is 12.1. The summed E-state index contributed by atoms with van der Waals surface area (Å²) in [7, 11) is 0. The Hall–Kier alpha value is -3.72. The number of hydrogen-bond acceptors (Lipinski definition) is 6. The number of benzene rings is 2. The molecule has 0 saturated carbocycles. The number of carboxylic acid groups (broad SMARTS) is 1. The highest BCUT2D eigenvalue weighted by Gasteiger charge is 2.35. The zero-order chi connectivity index (χ0) is 24.1. The van der Waals surface area contributed by atoms with Crippen molar-refractivity contribution < 1.29 is 29.0 Å². The van der Waals surface area contributed by atoms with Crippen molar-refractivity contribution in [3.05, 3.63) is 59.2 Å². The van der Waals surface area contributed by atoms with Crippen LogP contribution in [0.2, 0.25) is 0 Å². The van der Waals surface area contributed by atoms with E-state index in [0.29, 0.717) is 30.0 Å². The average Bonchev–Trinajstić information content (AvgIpc) is 2.78. The first-order valence-electron chi connectivity index (χ1n) is 10.4. The number of ether oxygens (including phenoxy) is 2. The second-order valence-corrected chi connectivity index (χ2v) is 7.56. The van der Waals surface area contributed by atoms with E-state index in [1.165, 1.54) is 24.0 Å². The Kier molecular flexibility index (Phi) is 7.44. The molecule has 2 N–H and O–H groups in total. The fourth-order valence-electron chi connectivity index (χ4n) is 3.29. The second-order valence-electron chi connectivity index (χ2n) is 7.18. The summed E-state index contributed by atoms with van der Waals surface area (Å²) in [4.78, 5) is 38.4. The van der Waals surface area contributed by atoms with Crippen LogP contribution >= 0.6 is 12.2 Å². The van der Waals surface area contributed by atoms with Gasteiger partial charge in [0.25, 0.3) is 11.8 Å². The molecule has 1 aliphatic rings. The monoisotopic (exact) mass is 468 g/mol. The minimum Gasteiger partial charge on any atom is -0.490 e. The first kappa shape index (κ1) is 23.9. The van der Waals surface area contributed by atoms with Gasteiger partial charge in [-0.25, -0.2) is 4.79 Å². The lowest BCUT2D eigenvalue weighted by molar-refractivity contribution is -0.144. The van der Waals surface area contributed by atoms with E-state index in [0.717, 1.165) is 5.56 Å². The molecule has 1 aliphatic heterocycles. The maximum absolute atomic E-state index is 13.3. The third-order valence-corrected chi connectivity index (χ3v) is 5.23. The van der Waals surface area contributed by atoms with Crippen LogP contribution in [0.5, 0.6) is 11.5 Å². The Labute approximate surface area is 196 Å². The van der Waals surface area contributed by atoms with Gasteiger partial charge in [-0.3, -0.25) is 19.8 Å². The third-order valence-electron chi connectivity index (χ3n) is 4.95. The van der Waals surface area contributed by atoms with E-state index in [9.17, 15) is 14.4 Å². The van der Waals surface area contributed by atoms with Gasteiger partial charge < -0.3 is 14.6 Å². The van der Waals surface area contributed by atoms with Gasteiger partial charge in [0.2, 0.25) is 0 Å². The number of carboxylic acids is 1. The Morgan fingerprint density at radius 2 is 1.91 bits per heavy atom. The lowest BCUT2D eigenvalue weighted by Gasteiger charge is -2.30. The minimum absolute atomic E-state index is 0.0180. The molecule has 2 aromatic rings. The number of nitrogens with zero attached hydrogens (tertiary/aromatic N) is 1. The number of amides is 2. The van der Waals surface area contributed by atoms with Gasteiger partial charge in [-0.05, 0) is 67.9 Å². The largest absolute Gasteiger partial charge is 0.490 e. The van der Waals surface area contributed by atoms with Crippen molar-refractivity contribution in [3.8, 4) is 11.5 Å². The lowest BCUT2D eigenvalue weighted by Crippen LogP contribution is -2.54. The van der Waals surface area contributed by atoms with Gasteiger partial charge in [-0.1, -0.05) is 31.2 Å². The quantitative estimate of drug-likeness (QED) is 0.348. The topological polar surface area (TPSA) is 105 Å². The number of hydrogen-bond donors (Lipinski definition) is 2. The SMILES string of the molecule is CCOc1cc(/C=C2/C(=O)NC(=S)N(c3ccccc3CC)C2=O)ccc1O[C@H](C)C(=O)O. The van der Waals surface area contributed by atoms with Crippen LogP contribution < -0.4 is 19.7 Å². The summed E-state index contributed by atoms with van der Waals surface area (Å²) >= 11 is 5.28. The van der Waals surface area contributed by atoms with Gasteiger partial charge in [0.1, 0.15) is 5.57 Å². The number of carbonyl (C=O) groups is 3. The van der Waals surface area contributed by atoms with E-state index in [1.807, 2.05) is 19.1 Å². The molecule has 172 valence electrons. The minimum atomic E-state index is -1.11. The number of rotatable bonds is 8. The first-order valence-corrected chi connectivity index (χ1v) is 10.8. The maximum Gasteiger partial charge on any atom is 0.344 e. The van der Waals surface area contributed by atoms with E-state index < -0.39 is 23.9 Å². The fraction of sp³-hybridized carbons (Fsp3) is 0.250. The summed E-state index contributed by atoms with van der Waals surface area (Å²) in [6.45, 7) is 5.46. The molecule has 9 heteroatoms. The molecule has 1 saturated heterocycles. The molecule has 33 heavy (non-hydrogen) atoms. The molecule has 0 aromatic heterocycles. The normalized spacial score (nSPS) is 15.9. The zero-order valence-corrected chi connectivity index (χ0v) is 19.3. The summed E-state index contributed by atoms with van der Waals surface area (Å²) < 4.78 is 11.0. The molecule has 0 spiro atoms. The smallest absolute Gasteiger partial charge is 0.344 e. The van der Waals surface area contributed by atoms with Crippen LogP contribution in [-0.4, -0.2) is 40.7 Å². The number of anilines is 1. The van der Waals surface area contributed by atoms with Gasteiger partial charge in [-0.2, -0.15) is 0 Å². The van der Waals surface area contributed by atoms with Gasteiger partial charge in [-0.15, -0.1) is 0 Å². The summed E-state index contributed by atoms with van der Waals surface area (Å²) in [6.07, 6.45) is 1.05. The Morgan fingerprint density at radius 3 is 2.58 bits per heavy atom. The van der Waals surface area contributed by atoms with Crippen LogP contribution in [0.15, 0.2) is 48.0 Å².